The smallest absolute Gasteiger partial charge is 0.274 e. The van der Waals surface area contributed by atoms with E-state index in [1.807, 2.05) is 11.0 Å². The molecule has 5 heteroatoms. The lowest BCUT2D eigenvalue weighted by molar-refractivity contribution is 0.0698. The predicted octanol–water partition coefficient (Wildman–Crippen LogP) is 5.07. The fraction of sp³-hybridized carbons (Fsp3) is 0.423. The van der Waals surface area contributed by atoms with Gasteiger partial charge in [-0.2, -0.15) is 5.10 Å². The van der Waals surface area contributed by atoms with Crippen molar-refractivity contribution < 1.29 is 4.79 Å². The third kappa shape index (κ3) is 4.14. The van der Waals surface area contributed by atoms with Gasteiger partial charge in [0, 0.05) is 41.7 Å². The Morgan fingerprint density at radius 1 is 1.03 bits per heavy atom. The Morgan fingerprint density at radius 2 is 1.87 bits per heavy atom. The summed E-state index contributed by atoms with van der Waals surface area (Å²) in [6.45, 7) is 3.57. The van der Waals surface area contributed by atoms with Gasteiger partial charge in [0.15, 0.2) is 5.69 Å². The summed E-state index contributed by atoms with van der Waals surface area (Å²) in [5, 5.41) is 7.60. The van der Waals surface area contributed by atoms with E-state index in [0.29, 0.717) is 12.2 Å². The SMILES string of the molecule is Cc1cc(-c2ccccc2)cc([C@@H]2CCCN(C(=O)c3n[nH]c4c3CCCCC4)C2)n1. The number of H-pyrrole nitrogens is 1. The van der Waals surface area contributed by atoms with Gasteiger partial charge in [-0.05, 0) is 68.7 Å². The number of aromatic amines is 1. The molecule has 2 aliphatic rings. The van der Waals surface area contributed by atoms with Crippen LogP contribution in [0.2, 0.25) is 0 Å². The summed E-state index contributed by atoms with van der Waals surface area (Å²) in [5.74, 6) is 0.345. The van der Waals surface area contributed by atoms with Gasteiger partial charge < -0.3 is 4.90 Å². The van der Waals surface area contributed by atoms with Crippen LogP contribution in [-0.4, -0.2) is 39.1 Å². The van der Waals surface area contributed by atoms with Crippen LogP contribution in [0.4, 0.5) is 0 Å². The molecule has 0 spiro atoms. The fourth-order valence-electron chi connectivity index (χ4n) is 5.09. The minimum Gasteiger partial charge on any atom is -0.337 e. The van der Waals surface area contributed by atoms with Gasteiger partial charge in [-0.3, -0.25) is 14.9 Å². The van der Waals surface area contributed by atoms with Crippen LogP contribution in [0.5, 0.6) is 0 Å². The van der Waals surface area contributed by atoms with Crippen LogP contribution in [0.3, 0.4) is 0 Å². The van der Waals surface area contributed by atoms with E-state index in [1.54, 1.807) is 0 Å². The number of hydrogen-bond donors (Lipinski definition) is 1. The summed E-state index contributed by atoms with van der Waals surface area (Å²) in [4.78, 5) is 20.3. The number of likely N-dealkylation sites (tertiary alicyclic amines) is 1. The molecule has 31 heavy (non-hydrogen) atoms. The number of amides is 1. The number of benzene rings is 1. The molecule has 160 valence electrons. The number of nitrogens with zero attached hydrogens (tertiary/aromatic N) is 3. The van der Waals surface area contributed by atoms with Crippen molar-refractivity contribution in [3.63, 3.8) is 0 Å². The number of rotatable bonds is 3. The maximum absolute atomic E-state index is 13.4. The van der Waals surface area contributed by atoms with Crippen LogP contribution in [-0.2, 0) is 12.8 Å². The van der Waals surface area contributed by atoms with Gasteiger partial charge in [0.05, 0.1) is 0 Å². The molecular weight excluding hydrogens is 384 g/mol. The van der Waals surface area contributed by atoms with E-state index in [2.05, 4.69) is 53.5 Å². The highest BCUT2D eigenvalue weighted by molar-refractivity contribution is 5.94. The number of piperidine rings is 1. The van der Waals surface area contributed by atoms with Gasteiger partial charge in [-0.25, -0.2) is 0 Å². The number of pyridine rings is 1. The lowest BCUT2D eigenvalue weighted by Crippen LogP contribution is -2.40. The average molecular weight is 415 g/mol. The van der Waals surface area contributed by atoms with Crippen LogP contribution in [0.25, 0.3) is 11.1 Å². The lowest BCUT2D eigenvalue weighted by Gasteiger charge is -2.32. The maximum Gasteiger partial charge on any atom is 0.274 e. The molecule has 0 bridgehead atoms. The number of fused-ring (bicyclic) bond motifs is 1. The van der Waals surface area contributed by atoms with Crippen molar-refractivity contribution in [3.8, 4) is 11.1 Å². The van der Waals surface area contributed by atoms with Crippen LogP contribution >= 0.6 is 0 Å². The highest BCUT2D eigenvalue weighted by Gasteiger charge is 2.30. The zero-order valence-corrected chi connectivity index (χ0v) is 18.2. The summed E-state index contributed by atoms with van der Waals surface area (Å²) < 4.78 is 0. The van der Waals surface area contributed by atoms with Crippen LogP contribution < -0.4 is 0 Å². The van der Waals surface area contributed by atoms with E-state index in [0.717, 1.165) is 55.6 Å². The second-order valence-electron chi connectivity index (χ2n) is 8.97. The zero-order valence-electron chi connectivity index (χ0n) is 18.2. The van der Waals surface area contributed by atoms with Crippen molar-refractivity contribution in [2.24, 2.45) is 0 Å². The summed E-state index contributed by atoms with van der Waals surface area (Å²) >= 11 is 0. The van der Waals surface area contributed by atoms with E-state index in [1.165, 1.54) is 29.7 Å². The maximum atomic E-state index is 13.4. The van der Waals surface area contributed by atoms with Crippen molar-refractivity contribution in [1.82, 2.24) is 20.1 Å². The number of aromatic nitrogens is 3. The van der Waals surface area contributed by atoms with Crippen LogP contribution in [0, 0.1) is 6.92 Å². The second-order valence-corrected chi connectivity index (χ2v) is 8.97. The molecule has 0 unspecified atom stereocenters. The summed E-state index contributed by atoms with van der Waals surface area (Å²) in [6.07, 6.45) is 7.58. The van der Waals surface area contributed by atoms with Crippen LogP contribution in [0.1, 0.15) is 71.2 Å². The molecule has 3 aromatic rings. The van der Waals surface area contributed by atoms with E-state index in [9.17, 15) is 4.79 Å². The Balaban J connectivity index is 1.38. The Kier molecular flexibility index (Phi) is 5.58. The number of aryl methyl sites for hydroxylation is 2. The predicted molar refractivity (Wildman–Crippen MR) is 122 cm³/mol. The third-order valence-electron chi connectivity index (χ3n) is 6.72. The molecule has 3 heterocycles. The highest BCUT2D eigenvalue weighted by Crippen LogP contribution is 2.31. The third-order valence-corrected chi connectivity index (χ3v) is 6.72. The first kappa shape index (κ1) is 20.0. The first-order chi connectivity index (χ1) is 15.2. The zero-order chi connectivity index (χ0) is 21.2. The van der Waals surface area contributed by atoms with Crippen molar-refractivity contribution >= 4 is 5.91 Å². The molecule has 5 nitrogen and oxygen atoms in total. The first-order valence-corrected chi connectivity index (χ1v) is 11.6. The molecule has 1 saturated heterocycles. The summed E-state index contributed by atoms with van der Waals surface area (Å²) in [5.41, 5.74) is 7.50. The molecule has 1 fully saturated rings. The molecule has 0 saturated carbocycles. The van der Waals surface area contributed by atoms with E-state index >= 15 is 0 Å². The Hall–Kier alpha value is -2.95. The first-order valence-electron chi connectivity index (χ1n) is 11.6. The quantitative estimate of drug-likeness (QED) is 0.609. The Labute approximate surface area is 183 Å². The fourth-order valence-corrected chi connectivity index (χ4v) is 5.09. The molecule has 5 rings (SSSR count). The molecule has 0 radical (unpaired) electrons. The largest absolute Gasteiger partial charge is 0.337 e. The monoisotopic (exact) mass is 414 g/mol. The second kappa shape index (κ2) is 8.66. The number of carbonyl (C=O) groups excluding carboxylic acids is 1. The van der Waals surface area contributed by atoms with Gasteiger partial charge in [0.2, 0.25) is 0 Å². The molecule has 2 aromatic heterocycles. The normalized spacial score (nSPS) is 19.0. The molecular formula is C26H30N4O. The summed E-state index contributed by atoms with van der Waals surface area (Å²) in [6, 6.07) is 14.8. The Morgan fingerprint density at radius 3 is 2.74 bits per heavy atom. The van der Waals surface area contributed by atoms with Crippen molar-refractivity contribution in [2.75, 3.05) is 13.1 Å². The standard InChI is InChI=1S/C26H30N4O/c1-18-15-21(19-9-4-2-5-10-19)16-24(27-18)20-11-8-14-30(17-20)26(31)25-22-12-6-3-7-13-23(22)28-29-25/h2,4-5,9-10,15-16,20H,3,6-8,11-14,17H2,1H3,(H,28,29)/t20-/m1/s1. The van der Waals surface area contributed by atoms with Gasteiger partial charge in [-0.1, -0.05) is 36.8 Å². The van der Waals surface area contributed by atoms with E-state index < -0.39 is 0 Å². The van der Waals surface area contributed by atoms with E-state index in [4.69, 9.17) is 4.98 Å². The van der Waals surface area contributed by atoms with Crippen molar-refractivity contribution in [1.29, 1.82) is 0 Å². The summed E-state index contributed by atoms with van der Waals surface area (Å²) in [7, 11) is 0. The molecule has 1 amide bonds. The van der Waals surface area contributed by atoms with Gasteiger partial charge in [-0.15, -0.1) is 0 Å². The van der Waals surface area contributed by atoms with Gasteiger partial charge in [0.1, 0.15) is 0 Å². The minimum atomic E-state index is 0.0834. The number of hydrogen-bond acceptors (Lipinski definition) is 3. The van der Waals surface area contributed by atoms with Gasteiger partial charge in [0.25, 0.3) is 5.91 Å². The van der Waals surface area contributed by atoms with Gasteiger partial charge >= 0.3 is 0 Å². The molecule has 1 aliphatic heterocycles. The number of nitrogens with one attached hydrogen (secondary N) is 1. The molecule has 1 N–H and O–H groups in total. The average Bonchev–Trinajstić information content (AvgIpc) is 3.06. The Bertz CT molecular complexity index is 1070. The van der Waals surface area contributed by atoms with Crippen molar-refractivity contribution in [3.05, 3.63) is 70.8 Å². The molecule has 1 aromatic carbocycles. The number of carbonyl (C=O) groups is 1. The van der Waals surface area contributed by atoms with E-state index in [-0.39, 0.29) is 11.8 Å². The van der Waals surface area contributed by atoms with Crippen LogP contribution in [0.15, 0.2) is 42.5 Å². The lowest BCUT2D eigenvalue weighted by atomic mass is 9.92. The molecule has 1 aliphatic carbocycles. The van der Waals surface area contributed by atoms with Crippen molar-refractivity contribution in [2.45, 2.75) is 57.8 Å². The topological polar surface area (TPSA) is 61.9 Å². The minimum absolute atomic E-state index is 0.0834. The molecule has 1 atom stereocenters. The highest BCUT2D eigenvalue weighted by atomic mass is 16.2.